The Hall–Kier alpha value is -2.44. The van der Waals surface area contributed by atoms with Crippen LogP contribution >= 0.6 is 0 Å². The molecule has 0 aliphatic heterocycles. The van der Waals surface area contributed by atoms with Crippen LogP contribution < -0.4 is 10.0 Å². The molecular formula is C28H35BNO3-. The number of nitrogens with zero attached hydrogens (tertiary/aromatic N) is 1. The van der Waals surface area contributed by atoms with Crippen LogP contribution in [0.3, 0.4) is 0 Å². The zero-order chi connectivity index (χ0) is 24.0. The Kier molecular flexibility index (Phi) is 8.14. The van der Waals surface area contributed by atoms with Gasteiger partial charge in [0.25, 0.3) is 0 Å². The van der Waals surface area contributed by atoms with E-state index in [-0.39, 0.29) is 0 Å². The van der Waals surface area contributed by atoms with Gasteiger partial charge in [-0.2, -0.15) is 0 Å². The summed E-state index contributed by atoms with van der Waals surface area (Å²) >= 11 is 0. The average Bonchev–Trinajstić information content (AvgIpc) is 2.80. The van der Waals surface area contributed by atoms with Crippen LogP contribution in [0, 0.1) is 0 Å². The van der Waals surface area contributed by atoms with Crippen LogP contribution in [0.4, 0.5) is 0 Å². The predicted molar refractivity (Wildman–Crippen MR) is 131 cm³/mol. The molecule has 4 nitrogen and oxygen atoms in total. The monoisotopic (exact) mass is 444 g/mol. The molecule has 1 aliphatic carbocycles. The van der Waals surface area contributed by atoms with E-state index in [2.05, 4.69) is 52.5 Å². The molecule has 1 saturated carbocycles. The summed E-state index contributed by atoms with van der Waals surface area (Å²) in [6.07, 6.45) is 3.34. The standard InChI is InChI=1S/C24H23BO3.C4H12N/c26-25(27)28-24(22-16-8-3-9-17-22)19-11-10-18-23(24,20-12-4-1-5-13-20)21-14-6-2-7-15-21;1-5(2,3)4/h1-9,12-17H,10-11,18-19H2;1-4H3/q-2;+1. The molecule has 1 atom stereocenters. The summed E-state index contributed by atoms with van der Waals surface area (Å²) in [6.45, 7) is 0. The lowest BCUT2D eigenvalue weighted by Crippen LogP contribution is -2.61. The van der Waals surface area contributed by atoms with E-state index in [1.165, 1.54) is 0 Å². The van der Waals surface area contributed by atoms with Crippen LogP contribution in [0.5, 0.6) is 0 Å². The average molecular weight is 444 g/mol. The first-order chi connectivity index (χ1) is 15.7. The highest BCUT2D eigenvalue weighted by Gasteiger charge is 2.55. The molecule has 3 aromatic carbocycles. The molecule has 0 bridgehead atoms. The van der Waals surface area contributed by atoms with Gasteiger partial charge in [-0.25, -0.2) is 0 Å². The Bertz CT molecular complexity index is 929. The molecule has 0 aromatic heterocycles. The van der Waals surface area contributed by atoms with Gasteiger partial charge in [0.15, 0.2) is 0 Å². The molecule has 33 heavy (non-hydrogen) atoms. The fraction of sp³-hybridized carbons (Fsp3) is 0.357. The van der Waals surface area contributed by atoms with E-state index in [4.69, 9.17) is 4.65 Å². The van der Waals surface area contributed by atoms with Gasteiger partial charge in [0.2, 0.25) is 0 Å². The van der Waals surface area contributed by atoms with E-state index in [0.29, 0.717) is 6.42 Å². The predicted octanol–water partition coefficient (Wildman–Crippen LogP) is 3.49. The summed E-state index contributed by atoms with van der Waals surface area (Å²) in [6, 6.07) is 30.2. The lowest BCUT2D eigenvalue weighted by Gasteiger charge is -2.58. The summed E-state index contributed by atoms with van der Waals surface area (Å²) in [5, 5.41) is 23.9. The second-order valence-corrected chi connectivity index (χ2v) is 10.1. The fourth-order valence-corrected chi connectivity index (χ4v) is 5.04. The van der Waals surface area contributed by atoms with Gasteiger partial charge < -0.3 is 19.2 Å². The van der Waals surface area contributed by atoms with Crippen molar-refractivity contribution in [2.45, 2.75) is 36.7 Å². The summed E-state index contributed by atoms with van der Waals surface area (Å²) in [5.41, 5.74) is 1.42. The molecule has 174 valence electrons. The van der Waals surface area contributed by atoms with Crippen molar-refractivity contribution in [2.75, 3.05) is 28.2 Å². The van der Waals surface area contributed by atoms with Crippen molar-refractivity contribution in [1.29, 1.82) is 0 Å². The van der Waals surface area contributed by atoms with Crippen molar-refractivity contribution in [2.24, 2.45) is 0 Å². The van der Waals surface area contributed by atoms with Gasteiger partial charge in [0.05, 0.1) is 46.5 Å². The van der Waals surface area contributed by atoms with Crippen LogP contribution in [0.1, 0.15) is 42.4 Å². The van der Waals surface area contributed by atoms with Crippen molar-refractivity contribution in [3.8, 4) is 0 Å². The lowest BCUT2D eigenvalue weighted by atomic mass is 9.54. The van der Waals surface area contributed by atoms with E-state index >= 15 is 0 Å². The molecule has 1 fully saturated rings. The minimum atomic E-state index is -2.36. The van der Waals surface area contributed by atoms with E-state index in [1.54, 1.807) is 0 Å². The van der Waals surface area contributed by atoms with Crippen molar-refractivity contribution in [3.63, 3.8) is 0 Å². The van der Waals surface area contributed by atoms with Gasteiger partial charge in [0, 0.05) is 0 Å². The van der Waals surface area contributed by atoms with E-state index in [0.717, 1.165) is 40.4 Å². The van der Waals surface area contributed by atoms with Gasteiger partial charge in [-0.1, -0.05) is 104 Å². The van der Waals surface area contributed by atoms with E-state index < -0.39 is 18.3 Å². The Morgan fingerprint density at radius 1 is 0.636 bits per heavy atom. The van der Waals surface area contributed by atoms with Gasteiger partial charge in [0.1, 0.15) is 0 Å². The maximum absolute atomic E-state index is 11.9. The normalized spacial score (nSPS) is 19.8. The molecule has 0 radical (unpaired) electrons. The van der Waals surface area contributed by atoms with Gasteiger partial charge in [-0.3, -0.25) is 0 Å². The minimum absolute atomic E-state index is 0.609. The highest BCUT2D eigenvalue weighted by Crippen LogP contribution is 2.57. The molecule has 5 heteroatoms. The van der Waals surface area contributed by atoms with Gasteiger partial charge >= 0.3 is 0 Å². The highest BCUT2D eigenvalue weighted by atomic mass is 16.6. The molecule has 1 unspecified atom stereocenters. The van der Waals surface area contributed by atoms with Crippen LogP contribution in [0.15, 0.2) is 91.0 Å². The summed E-state index contributed by atoms with van der Waals surface area (Å²) < 4.78 is 6.88. The van der Waals surface area contributed by atoms with Crippen molar-refractivity contribution in [3.05, 3.63) is 108 Å². The van der Waals surface area contributed by atoms with Crippen molar-refractivity contribution >= 4 is 7.32 Å². The topological polar surface area (TPSA) is 55.3 Å². The number of rotatable bonds is 5. The molecule has 3 aromatic rings. The molecule has 0 heterocycles. The molecule has 4 rings (SSSR count). The largest absolute Gasteiger partial charge is 0.871 e. The van der Waals surface area contributed by atoms with Crippen LogP contribution in [0.25, 0.3) is 0 Å². The highest BCUT2D eigenvalue weighted by molar-refractivity contribution is 6.28. The third-order valence-corrected chi connectivity index (χ3v) is 6.09. The summed E-state index contributed by atoms with van der Waals surface area (Å²) in [5.74, 6) is 0. The van der Waals surface area contributed by atoms with Crippen LogP contribution in [-0.4, -0.2) is 40.0 Å². The SMILES string of the molecule is C[N+](C)(C)C.[O-]B([O-])OC1(c2ccccc2)CCCCC1(c1ccccc1)c1ccccc1. The fourth-order valence-electron chi connectivity index (χ4n) is 5.04. The Balaban J connectivity index is 0.000000555. The van der Waals surface area contributed by atoms with Crippen molar-refractivity contribution < 1.29 is 19.2 Å². The Labute approximate surface area is 199 Å². The van der Waals surface area contributed by atoms with Gasteiger partial charge in [-0.05, 0) is 29.5 Å². The van der Waals surface area contributed by atoms with Crippen LogP contribution in [-0.2, 0) is 15.7 Å². The van der Waals surface area contributed by atoms with Gasteiger partial charge in [-0.15, -0.1) is 0 Å². The first-order valence-corrected chi connectivity index (χ1v) is 11.6. The Morgan fingerprint density at radius 3 is 1.39 bits per heavy atom. The maximum atomic E-state index is 11.9. The van der Waals surface area contributed by atoms with Crippen molar-refractivity contribution in [1.82, 2.24) is 0 Å². The molecule has 0 spiro atoms. The number of hydrogen-bond acceptors (Lipinski definition) is 3. The molecule has 0 amide bonds. The van der Waals surface area contributed by atoms with E-state index in [9.17, 15) is 10.0 Å². The first-order valence-electron chi connectivity index (χ1n) is 11.6. The summed E-state index contributed by atoms with van der Waals surface area (Å²) in [7, 11) is 6.14. The molecular weight excluding hydrogens is 409 g/mol. The van der Waals surface area contributed by atoms with Crippen LogP contribution in [0.2, 0.25) is 0 Å². The molecule has 1 aliphatic rings. The summed E-state index contributed by atoms with van der Waals surface area (Å²) in [4.78, 5) is 0. The Morgan fingerprint density at radius 2 is 1.00 bits per heavy atom. The number of quaternary nitrogens is 1. The maximum Gasteiger partial charge on any atom is 0.0872 e. The third kappa shape index (κ3) is 5.74. The zero-order valence-electron chi connectivity index (χ0n) is 20.2. The third-order valence-electron chi connectivity index (χ3n) is 6.09. The molecule has 0 saturated heterocycles. The first kappa shape index (κ1) is 25.2. The minimum Gasteiger partial charge on any atom is -0.871 e. The second kappa shape index (κ2) is 10.7. The zero-order valence-corrected chi connectivity index (χ0v) is 20.2. The second-order valence-electron chi connectivity index (χ2n) is 10.1. The number of hydrogen-bond donors (Lipinski definition) is 0. The smallest absolute Gasteiger partial charge is 0.0872 e. The molecule has 0 N–H and O–H groups in total. The van der Waals surface area contributed by atoms with E-state index in [1.807, 2.05) is 66.7 Å². The number of benzene rings is 3. The lowest BCUT2D eigenvalue weighted by molar-refractivity contribution is -0.849. The quantitative estimate of drug-likeness (QED) is 0.447.